The van der Waals surface area contributed by atoms with Crippen LogP contribution in [0.5, 0.6) is 0 Å². The maximum Gasteiger partial charge on any atom is 0.348 e. The lowest BCUT2D eigenvalue weighted by Gasteiger charge is -2.07. The number of nitrogens with two attached hydrogens (primary N) is 1. The Labute approximate surface area is 183 Å². The van der Waals surface area contributed by atoms with E-state index in [1.54, 1.807) is 6.07 Å². The largest absolute Gasteiger partial charge is 0.465 e. The lowest BCUT2D eigenvalue weighted by atomic mass is 10.1. The summed E-state index contributed by atoms with van der Waals surface area (Å²) in [7, 11) is 2.34. The second-order valence-electron chi connectivity index (χ2n) is 5.80. The number of nitrogens with one attached hydrogen (secondary N) is 1. The van der Waals surface area contributed by atoms with Crippen LogP contribution in [0.1, 0.15) is 45.8 Å². The molecule has 162 valence electrons. The van der Waals surface area contributed by atoms with E-state index in [2.05, 4.69) is 5.32 Å². The number of methoxy groups -OCH3 is 2. The maximum absolute atomic E-state index is 12.5. The Balaban J connectivity index is 1.74. The maximum atomic E-state index is 12.5. The van der Waals surface area contributed by atoms with Gasteiger partial charge in [0.1, 0.15) is 26.9 Å². The van der Waals surface area contributed by atoms with Crippen LogP contribution < -0.4 is 11.1 Å². The number of anilines is 2. The monoisotopic (exact) mass is 464 g/mol. The fourth-order valence-electron chi connectivity index (χ4n) is 2.51. The molecule has 0 unspecified atom stereocenters. The van der Waals surface area contributed by atoms with E-state index in [1.165, 1.54) is 31.6 Å². The minimum Gasteiger partial charge on any atom is -0.465 e. The predicted molar refractivity (Wildman–Crippen MR) is 112 cm³/mol. The van der Waals surface area contributed by atoms with Gasteiger partial charge in [0.15, 0.2) is 5.76 Å². The molecular formula is C19H16N2O8S2. The van der Waals surface area contributed by atoms with E-state index in [9.17, 15) is 19.2 Å². The Kier molecular flexibility index (Phi) is 6.72. The van der Waals surface area contributed by atoms with Crippen LogP contribution in [0.15, 0.2) is 34.9 Å². The minimum atomic E-state index is -0.769. The summed E-state index contributed by atoms with van der Waals surface area (Å²) >= 11 is 1.82. The van der Waals surface area contributed by atoms with Gasteiger partial charge < -0.3 is 29.7 Å². The van der Waals surface area contributed by atoms with Crippen molar-refractivity contribution in [2.24, 2.45) is 0 Å². The molecule has 0 saturated heterocycles. The Morgan fingerprint density at radius 1 is 1.03 bits per heavy atom. The summed E-state index contributed by atoms with van der Waals surface area (Å²) in [6.45, 7) is -0.409. The highest BCUT2D eigenvalue weighted by Gasteiger charge is 2.28. The molecule has 0 radical (unpaired) electrons. The molecule has 3 rings (SSSR count). The van der Waals surface area contributed by atoms with Gasteiger partial charge in [0.2, 0.25) is 0 Å². The van der Waals surface area contributed by atoms with Crippen LogP contribution in [0.4, 0.5) is 10.0 Å². The summed E-state index contributed by atoms with van der Waals surface area (Å²) in [5.74, 6) is -2.56. The number of carbonyl (C=O) groups is 4. The second-order valence-corrected chi connectivity index (χ2v) is 7.94. The van der Waals surface area contributed by atoms with Crippen LogP contribution in [-0.2, 0) is 20.8 Å². The summed E-state index contributed by atoms with van der Waals surface area (Å²) in [6, 6.07) is 6.08. The number of nitrogen functional groups attached to an aromatic ring is 1. The molecule has 1 amide bonds. The van der Waals surface area contributed by atoms with Crippen molar-refractivity contribution in [1.29, 1.82) is 0 Å². The van der Waals surface area contributed by atoms with Gasteiger partial charge in [0.05, 0.1) is 25.5 Å². The summed E-state index contributed by atoms with van der Waals surface area (Å²) in [5.41, 5.74) is 5.88. The van der Waals surface area contributed by atoms with Gasteiger partial charge in [-0.2, -0.15) is 0 Å². The molecule has 0 fully saturated rings. The Bertz CT molecular complexity index is 1130. The molecule has 0 bridgehead atoms. The Morgan fingerprint density at radius 3 is 2.42 bits per heavy atom. The van der Waals surface area contributed by atoms with E-state index in [1.807, 2.05) is 0 Å². The van der Waals surface area contributed by atoms with E-state index >= 15 is 0 Å². The average Bonchev–Trinajstić information content (AvgIpc) is 3.51. The molecule has 0 aromatic carbocycles. The van der Waals surface area contributed by atoms with E-state index in [0.717, 1.165) is 29.8 Å². The number of amides is 1. The Morgan fingerprint density at radius 2 is 1.77 bits per heavy atom. The van der Waals surface area contributed by atoms with E-state index < -0.39 is 30.4 Å². The molecule has 31 heavy (non-hydrogen) atoms. The zero-order valence-electron chi connectivity index (χ0n) is 16.3. The minimum absolute atomic E-state index is 0.0331. The molecule has 3 heterocycles. The summed E-state index contributed by atoms with van der Waals surface area (Å²) < 4.78 is 19.7. The molecule has 0 aliphatic carbocycles. The number of hydrogen-bond donors (Lipinski definition) is 2. The molecule has 3 N–H and O–H groups in total. The summed E-state index contributed by atoms with van der Waals surface area (Å²) in [5, 5.41) is 3.04. The standard InChI is InChI=1S/C19H16N2O8S2/c1-26-18(24)13-9(14(19(25)27-2)31-15(13)20)8-29-17(23)11-5-6-12(30-11)21-16(22)10-4-3-7-28-10/h3-7H,8,20H2,1-2H3,(H,21,22). The third kappa shape index (κ3) is 4.75. The van der Waals surface area contributed by atoms with Crippen LogP contribution >= 0.6 is 22.7 Å². The highest BCUT2D eigenvalue weighted by Crippen LogP contribution is 2.33. The molecule has 0 saturated carbocycles. The van der Waals surface area contributed by atoms with Crippen LogP contribution in [-0.4, -0.2) is 38.0 Å². The topological polar surface area (TPSA) is 147 Å². The average molecular weight is 464 g/mol. The fraction of sp³-hybridized carbons (Fsp3) is 0.158. The Hall–Kier alpha value is -3.64. The summed E-state index contributed by atoms with van der Waals surface area (Å²) in [6.07, 6.45) is 1.37. The first-order valence-electron chi connectivity index (χ1n) is 8.55. The zero-order valence-corrected chi connectivity index (χ0v) is 17.9. The predicted octanol–water partition coefficient (Wildman–Crippen LogP) is 3.17. The summed E-state index contributed by atoms with van der Waals surface area (Å²) in [4.78, 5) is 48.8. The van der Waals surface area contributed by atoms with Gasteiger partial charge >= 0.3 is 17.9 Å². The lowest BCUT2D eigenvalue weighted by molar-refractivity contribution is 0.0457. The first kappa shape index (κ1) is 22.1. The quantitative estimate of drug-likeness (QED) is 0.397. The van der Waals surface area contributed by atoms with Crippen molar-refractivity contribution in [3.05, 3.63) is 57.2 Å². The molecule has 12 heteroatoms. The molecule has 3 aromatic rings. The van der Waals surface area contributed by atoms with Gasteiger partial charge in [-0.3, -0.25) is 4.79 Å². The molecule has 0 aliphatic heterocycles. The number of furan rings is 1. The second kappa shape index (κ2) is 9.45. The van der Waals surface area contributed by atoms with Gasteiger partial charge in [-0.15, -0.1) is 22.7 Å². The van der Waals surface area contributed by atoms with Gasteiger partial charge in [-0.25, -0.2) is 14.4 Å². The van der Waals surface area contributed by atoms with Crippen molar-refractivity contribution in [2.45, 2.75) is 6.61 Å². The van der Waals surface area contributed by atoms with Gasteiger partial charge in [0.25, 0.3) is 5.91 Å². The highest BCUT2D eigenvalue weighted by atomic mass is 32.1. The number of carbonyl (C=O) groups excluding carboxylic acids is 4. The first-order valence-corrected chi connectivity index (χ1v) is 10.2. The van der Waals surface area contributed by atoms with Crippen LogP contribution in [0.25, 0.3) is 0 Å². The molecule has 3 aromatic heterocycles. The molecule has 0 aliphatic rings. The molecular weight excluding hydrogens is 448 g/mol. The van der Waals surface area contributed by atoms with E-state index in [4.69, 9.17) is 24.4 Å². The van der Waals surface area contributed by atoms with Crippen LogP contribution in [0.3, 0.4) is 0 Å². The van der Waals surface area contributed by atoms with Gasteiger partial charge in [0, 0.05) is 5.56 Å². The number of thiophene rings is 2. The third-order valence-electron chi connectivity index (χ3n) is 3.93. The van der Waals surface area contributed by atoms with Crippen molar-refractivity contribution >= 4 is 56.5 Å². The van der Waals surface area contributed by atoms with Crippen molar-refractivity contribution < 1.29 is 37.8 Å². The smallest absolute Gasteiger partial charge is 0.348 e. The van der Waals surface area contributed by atoms with Crippen LogP contribution in [0.2, 0.25) is 0 Å². The number of hydrogen-bond acceptors (Lipinski definition) is 11. The van der Waals surface area contributed by atoms with Crippen molar-refractivity contribution in [2.75, 3.05) is 25.3 Å². The molecule has 0 spiro atoms. The normalized spacial score (nSPS) is 10.4. The first-order chi connectivity index (χ1) is 14.8. The molecule has 10 nitrogen and oxygen atoms in total. The zero-order chi connectivity index (χ0) is 22.5. The van der Waals surface area contributed by atoms with Gasteiger partial charge in [-0.05, 0) is 24.3 Å². The van der Waals surface area contributed by atoms with E-state index in [-0.39, 0.29) is 31.6 Å². The van der Waals surface area contributed by atoms with E-state index in [0.29, 0.717) is 5.00 Å². The fourth-order valence-corrected chi connectivity index (χ4v) is 4.29. The van der Waals surface area contributed by atoms with Gasteiger partial charge in [-0.1, -0.05) is 0 Å². The number of ether oxygens (including phenoxy) is 3. The lowest BCUT2D eigenvalue weighted by Crippen LogP contribution is -2.12. The van der Waals surface area contributed by atoms with Crippen LogP contribution in [0, 0.1) is 0 Å². The highest BCUT2D eigenvalue weighted by molar-refractivity contribution is 7.18. The van der Waals surface area contributed by atoms with Crippen molar-refractivity contribution in [3.63, 3.8) is 0 Å². The van der Waals surface area contributed by atoms with Crippen molar-refractivity contribution in [1.82, 2.24) is 0 Å². The SMILES string of the molecule is COC(=O)c1sc(N)c(C(=O)OC)c1COC(=O)c1ccc(NC(=O)c2ccco2)s1. The van der Waals surface area contributed by atoms with Crippen molar-refractivity contribution in [3.8, 4) is 0 Å². The number of rotatable bonds is 7. The number of esters is 3. The third-order valence-corrected chi connectivity index (χ3v) is 5.95. The molecule has 0 atom stereocenters.